The summed E-state index contributed by atoms with van der Waals surface area (Å²) < 4.78 is 5.24. The van der Waals surface area contributed by atoms with Crippen LogP contribution in [0.2, 0.25) is 5.02 Å². The van der Waals surface area contributed by atoms with Crippen molar-refractivity contribution in [2.75, 3.05) is 31.0 Å². The zero-order valence-corrected chi connectivity index (χ0v) is 19.1. The number of nitrogens with zero attached hydrogens (tertiary/aromatic N) is 3. The van der Waals surface area contributed by atoms with Crippen molar-refractivity contribution in [1.29, 1.82) is 0 Å². The molecule has 3 aromatic rings. The Morgan fingerprint density at radius 3 is 2.33 bits per heavy atom. The first-order valence-corrected chi connectivity index (χ1v) is 10.5. The highest BCUT2D eigenvalue weighted by Crippen LogP contribution is 2.42. The van der Waals surface area contributed by atoms with Gasteiger partial charge in [-0.3, -0.25) is 19.5 Å². The Kier molecular flexibility index (Phi) is 6.07. The van der Waals surface area contributed by atoms with E-state index in [2.05, 4.69) is 4.98 Å². The van der Waals surface area contributed by atoms with E-state index in [1.54, 1.807) is 48.8 Å². The van der Waals surface area contributed by atoms with Gasteiger partial charge in [-0.15, -0.1) is 0 Å². The molecule has 168 valence electrons. The zero-order valence-electron chi connectivity index (χ0n) is 18.3. The fourth-order valence-electron chi connectivity index (χ4n) is 3.83. The van der Waals surface area contributed by atoms with Gasteiger partial charge in [0.25, 0.3) is 11.7 Å². The van der Waals surface area contributed by atoms with E-state index in [-0.39, 0.29) is 11.3 Å². The first-order chi connectivity index (χ1) is 15.8. The lowest BCUT2D eigenvalue weighted by Crippen LogP contribution is -2.29. The van der Waals surface area contributed by atoms with E-state index in [1.807, 2.05) is 31.1 Å². The fourth-order valence-corrected chi connectivity index (χ4v) is 4.03. The summed E-state index contributed by atoms with van der Waals surface area (Å²) in [7, 11) is 5.29. The van der Waals surface area contributed by atoms with Gasteiger partial charge in [0.05, 0.1) is 23.7 Å². The number of hydrogen-bond acceptors (Lipinski definition) is 6. The van der Waals surface area contributed by atoms with Crippen molar-refractivity contribution in [2.45, 2.75) is 6.04 Å². The van der Waals surface area contributed by atoms with Gasteiger partial charge in [-0.2, -0.15) is 0 Å². The maximum Gasteiger partial charge on any atom is 0.300 e. The molecule has 1 fully saturated rings. The molecule has 1 unspecified atom stereocenters. The summed E-state index contributed by atoms with van der Waals surface area (Å²) in [6.07, 6.45) is 3.16. The Morgan fingerprint density at radius 2 is 1.73 bits per heavy atom. The lowest BCUT2D eigenvalue weighted by atomic mass is 9.95. The molecule has 2 heterocycles. The van der Waals surface area contributed by atoms with Gasteiger partial charge in [-0.1, -0.05) is 11.6 Å². The molecular weight excluding hydrogens is 442 g/mol. The molecule has 2 aromatic carbocycles. The number of benzene rings is 2. The molecule has 7 nitrogen and oxygen atoms in total. The minimum atomic E-state index is -0.833. The maximum atomic E-state index is 13.2. The van der Waals surface area contributed by atoms with E-state index >= 15 is 0 Å². The van der Waals surface area contributed by atoms with Gasteiger partial charge < -0.3 is 14.7 Å². The number of carbonyl (C=O) groups is 2. The molecule has 1 amide bonds. The average Bonchev–Trinajstić information content (AvgIpc) is 3.10. The van der Waals surface area contributed by atoms with Crippen molar-refractivity contribution < 1.29 is 19.4 Å². The second-order valence-electron chi connectivity index (χ2n) is 7.71. The number of Topliss-reactive ketones (excluding diaryl/α,β-unsaturated/α-hetero) is 1. The normalized spacial score (nSPS) is 17.3. The van der Waals surface area contributed by atoms with Crippen LogP contribution in [-0.2, 0) is 9.59 Å². The molecule has 0 saturated carbocycles. The summed E-state index contributed by atoms with van der Waals surface area (Å²) in [6.45, 7) is 0. The summed E-state index contributed by atoms with van der Waals surface area (Å²) in [6, 6.07) is 14.5. The smallest absolute Gasteiger partial charge is 0.300 e. The summed E-state index contributed by atoms with van der Waals surface area (Å²) in [5, 5.41) is 11.6. The third-order valence-corrected chi connectivity index (χ3v) is 5.85. The number of ketones is 1. The van der Waals surface area contributed by atoms with Crippen molar-refractivity contribution in [1.82, 2.24) is 4.98 Å². The predicted molar refractivity (Wildman–Crippen MR) is 128 cm³/mol. The van der Waals surface area contributed by atoms with Crippen LogP contribution in [-0.4, -0.2) is 43.0 Å². The summed E-state index contributed by atoms with van der Waals surface area (Å²) >= 11 is 6.11. The number of pyridine rings is 1. The molecule has 8 heteroatoms. The summed E-state index contributed by atoms with van der Waals surface area (Å²) in [4.78, 5) is 33.8. The Hall–Kier alpha value is -3.84. The number of rotatable bonds is 5. The number of carbonyl (C=O) groups excluding carboxylic acids is 2. The summed E-state index contributed by atoms with van der Waals surface area (Å²) in [5.41, 5.74) is 2.42. The van der Waals surface area contributed by atoms with Gasteiger partial charge in [0.1, 0.15) is 11.5 Å². The van der Waals surface area contributed by atoms with E-state index in [0.717, 1.165) is 5.69 Å². The molecule has 1 N–H and O–H groups in total. The molecule has 0 bridgehead atoms. The number of ether oxygens (including phenoxy) is 1. The van der Waals surface area contributed by atoms with Crippen LogP contribution in [0.25, 0.3) is 5.76 Å². The van der Waals surface area contributed by atoms with Crippen LogP contribution >= 0.6 is 11.6 Å². The molecular formula is C25H22ClN3O4. The van der Waals surface area contributed by atoms with Crippen molar-refractivity contribution in [3.63, 3.8) is 0 Å². The average molecular weight is 464 g/mol. The highest BCUT2D eigenvalue weighted by atomic mass is 35.5. The van der Waals surface area contributed by atoms with Crippen LogP contribution in [0.3, 0.4) is 0 Å². The molecule has 0 spiro atoms. The molecule has 0 radical (unpaired) electrons. The third kappa shape index (κ3) is 4.03. The Morgan fingerprint density at radius 1 is 1.06 bits per heavy atom. The van der Waals surface area contributed by atoms with Gasteiger partial charge in [0.2, 0.25) is 0 Å². The van der Waals surface area contributed by atoms with Crippen LogP contribution in [0, 0.1) is 0 Å². The first-order valence-electron chi connectivity index (χ1n) is 10.2. The van der Waals surface area contributed by atoms with E-state index < -0.39 is 17.7 Å². The largest absolute Gasteiger partial charge is 0.507 e. The van der Waals surface area contributed by atoms with Gasteiger partial charge in [-0.05, 0) is 60.2 Å². The minimum Gasteiger partial charge on any atom is -0.507 e. The van der Waals surface area contributed by atoms with Crippen LogP contribution < -0.4 is 14.5 Å². The highest BCUT2D eigenvalue weighted by Gasteiger charge is 2.47. The topological polar surface area (TPSA) is 83.0 Å². The predicted octanol–water partition coefficient (Wildman–Crippen LogP) is 4.44. The number of anilines is 2. The molecule has 1 atom stereocenters. The van der Waals surface area contributed by atoms with E-state index in [4.69, 9.17) is 16.3 Å². The Bertz CT molecular complexity index is 1240. The number of aromatic nitrogens is 1. The minimum absolute atomic E-state index is 0.0211. The lowest BCUT2D eigenvalue weighted by molar-refractivity contribution is -0.132. The first kappa shape index (κ1) is 22.4. The van der Waals surface area contributed by atoms with Crippen molar-refractivity contribution in [3.05, 3.63) is 88.7 Å². The number of aliphatic hydroxyl groups excluding tert-OH is 1. The maximum absolute atomic E-state index is 13.2. The van der Waals surface area contributed by atoms with Crippen LogP contribution in [0.1, 0.15) is 17.2 Å². The summed E-state index contributed by atoms with van der Waals surface area (Å²) in [5.74, 6) is -1.47. The number of hydrogen-bond donors (Lipinski definition) is 1. The van der Waals surface area contributed by atoms with Gasteiger partial charge in [-0.25, -0.2) is 0 Å². The highest BCUT2D eigenvalue weighted by molar-refractivity contribution is 6.51. The van der Waals surface area contributed by atoms with Crippen LogP contribution in [0.4, 0.5) is 11.4 Å². The lowest BCUT2D eigenvalue weighted by Gasteiger charge is -2.26. The van der Waals surface area contributed by atoms with E-state index in [0.29, 0.717) is 27.6 Å². The quantitative estimate of drug-likeness (QED) is 0.342. The SMILES string of the molecule is COc1cc(/C(O)=C2/C(=O)C(=O)N(c3ccc(N(C)C)cc3)C2c2ccncc2)ccc1Cl. The van der Waals surface area contributed by atoms with Crippen molar-refractivity contribution >= 4 is 40.4 Å². The third-order valence-electron chi connectivity index (χ3n) is 5.54. The van der Waals surface area contributed by atoms with Crippen molar-refractivity contribution in [2.24, 2.45) is 0 Å². The Labute approximate surface area is 196 Å². The Balaban J connectivity index is 1.90. The standard InChI is InChI=1S/C25H22ClN3O4/c1-28(2)17-5-7-18(8-6-17)29-22(15-10-12-27-13-11-15)21(24(31)25(29)32)23(30)16-4-9-19(26)20(14-16)33-3/h4-14,22,30H,1-3H3/b23-21-. The number of methoxy groups -OCH3 is 1. The molecule has 1 aromatic heterocycles. The van der Waals surface area contributed by atoms with E-state index in [9.17, 15) is 14.7 Å². The molecule has 1 aliphatic heterocycles. The zero-order chi connectivity index (χ0) is 23.7. The molecule has 33 heavy (non-hydrogen) atoms. The van der Waals surface area contributed by atoms with Crippen LogP contribution in [0.15, 0.2) is 72.6 Å². The molecule has 0 aliphatic carbocycles. The van der Waals surface area contributed by atoms with Crippen LogP contribution in [0.5, 0.6) is 5.75 Å². The van der Waals surface area contributed by atoms with Gasteiger partial charge >= 0.3 is 0 Å². The molecule has 1 aliphatic rings. The van der Waals surface area contributed by atoms with Gasteiger partial charge in [0, 0.05) is 43.4 Å². The molecule has 4 rings (SSSR count). The monoisotopic (exact) mass is 463 g/mol. The molecule has 1 saturated heterocycles. The second-order valence-corrected chi connectivity index (χ2v) is 8.12. The number of halogens is 1. The number of amides is 1. The fraction of sp³-hybridized carbons (Fsp3) is 0.160. The van der Waals surface area contributed by atoms with Crippen molar-refractivity contribution in [3.8, 4) is 5.75 Å². The second kappa shape index (κ2) is 8.96. The van der Waals surface area contributed by atoms with E-state index in [1.165, 1.54) is 18.1 Å². The van der Waals surface area contributed by atoms with Gasteiger partial charge in [0.15, 0.2) is 0 Å². The number of aliphatic hydroxyl groups is 1.